The predicted molar refractivity (Wildman–Crippen MR) is 121 cm³/mol. The van der Waals surface area contributed by atoms with Gasteiger partial charge in [0, 0.05) is 63.1 Å². The van der Waals surface area contributed by atoms with Crippen LogP contribution in [-0.4, -0.2) is 72.1 Å². The first kappa shape index (κ1) is 21.0. The van der Waals surface area contributed by atoms with Gasteiger partial charge in [0.05, 0.1) is 30.5 Å². The largest absolute Gasteiger partial charge is 0.477 e. The van der Waals surface area contributed by atoms with Crippen LogP contribution in [0.4, 0.5) is 5.82 Å². The van der Waals surface area contributed by atoms with Crippen LogP contribution in [0.1, 0.15) is 12.8 Å². The van der Waals surface area contributed by atoms with Crippen LogP contribution in [0.3, 0.4) is 0 Å². The van der Waals surface area contributed by atoms with Gasteiger partial charge in [0.1, 0.15) is 5.52 Å². The van der Waals surface area contributed by atoms with Crippen molar-refractivity contribution in [3.8, 4) is 17.1 Å². The van der Waals surface area contributed by atoms with Gasteiger partial charge in [0.15, 0.2) is 5.82 Å². The van der Waals surface area contributed by atoms with E-state index in [2.05, 4.69) is 25.6 Å². The van der Waals surface area contributed by atoms with Gasteiger partial charge in [0.25, 0.3) is 0 Å². The fourth-order valence-corrected chi connectivity index (χ4v) is 3.94. The first-order chi connectivity index (χ1) is 15.8. The van der Waals surface area contributed by atoms with Crippen molar-refractivity contribution in [1.29, 1.82) is 0 Å². The lowest BCUT2D eigenvalue weighted by Gasteiger charge is -2.24. The van der Waals surface area contributed by atoms with Crippen molar-refractivity contribution in [1.82, 2.24) is 25.3 Å². The van der Waals surface area contributed by atoms with E-state index in [9.17, 15) is 0 Å². The number of hydrogen-bond donors (Lipinski definition) is 2. The van der Waals surface area contributed by atoms with Gasteiger partial charge in [-0.3, -0.25) is 4.98 Å². The Labute approximate surface area is 186 Å². The number of anilines is 1. The number of pyridine rings is 2. The van der Waals surface area contributed by atoms with Crippen LogP contribution in [0, 0.1) is 5.92 Å². The summed E-state index contributed by atoms with van der Waals surface area (Å²) in [5.74, 6) is 1.85. The molecule has 0 aromatic carbocycles. The molecule has 168 valence electrons. The number of ether oxygens (including phenoxy) is 3. The molecule has 2 saturated heterocycles. The van der Waals surface area contributed by atoms with Gasteiger partial charge in [0.2, 0.25) is 5.88 Å². The molecule has 9 heteroatoms. The Morgan fingerprint density at radius 3 is 2.81 bits per heavy atom. The summed E-state index contributed by atoms with van der Waals surface area (Å²) in [5, 5.41) is 6.74. The van der Waals surface area contributed by atoms with Gasteiger partial charge in [-0.15, -0.1) is 0 Å². The predicted octanol–water partition coefficient (Wildman–Crippen LogP) is 2.29. The van der Waals surface area contributed by atoms with Gasteiger partial charge in [-0.25, -0.2) is 15.0 Å². The fraction of sp³-hybridized carbons (Fsp3) is 0.478. The molecule has 9 nitrogen and oxygen atoms in total. The Balaban J connectivity index is 1.31. The summed E-state index contributed by atoms with van der Waals surface area (Å²) >= 11 is 0. The molecule has 0 amide bonds. The van der Waals surface area contributed by atoms with E-state index in [1.807, 2.05) is 18.2 Å². The van der Waals surface area contributed by atoms with E-state index in [1.54, 1.807) is 18.6 Å². The lowest BCUT2D eigenvalue weighted by atomic mass is 10.0. The lowest BCUT2D eigenvalue weighted by Crippen LogP contribution is -2.42. The number of hydrogen-bond acceptors (Lipinski definition) is 9. The molecule has 5 rings (SSSR count). The van der Waals surface area contributed by atoms with Crippen LogP contribution >= 0.6 is 0 Å². The highest BCUT2D eigenvalue weighted by atomic mass is 16.5. The molecule has 2 aliphatic heterocycles. The van der Waals surface area contributed by atoms with Crippen molar-refractivity contribution in [3.63, 3.8) is 0 Å². The minimum absolute atomic E-state index is 0.0924. The highest BCUT2D eigenvalue weighted by Crippen LogP contribution is 2.26. The second kappa shape index (κ2) is 10.2. The molecule has 0 bridgehead atoms. The molecule has 3 aromatic heterocycles. The Bertz CT molecular complexity index is 1020. The van der Waals surface area contributed by atoms with Gasteiger partial charge >= 0.3 is 0 Å². The second-order valence-electron chi connectivity index (χ2n) is 8.11. The highest BCUT2D eigenvalue weighted by molar-refractivity contribution is 5.88. The fourth-order valence-electron chi connectivity index (χ4n) is 3.94. The molecule has 0 unspecified atom stereocenters. The molecule has 0 aliphatic carbocycles. The van der Waals surface area contributed by atoms with E-state index < -0.39 is 0 Å². The maximum Gasteiger partial charge on any atom is 0.213 e. The zero-order valence-corrected chi connectivity index (χ0v) is 18.0. The zero-order chi connectivity index (χ0) is 21.6. The molecule has 2 aliphatic rings. The van der Waals surface area contributed by atoms with Crippen LogP contribution in [0.2, 0.25) is 0 Å². The summed E-state index contributed by atoms with van der Waals surface area (Å²) in [4.78, 5) is 18.3. The SMILES string of the molecule is c1cnc2c(NC[C@@H]3CNCCO3)nc(-c3ccc(OCC4CCOCC4)nc3)cc2n1. The zero-order valence-electron chi connectivity index (χ0n) is 18.0. The summed E-state index contributed by atoms with van der Waals surface area (Å²) < 4.78 is 17.1. The minimum atomic E-state index is 0.0924. The molecule has 32 heavy (non-hydrogen) atoms. The number of nitrogens with zero attached hydrogens (tertiary/aromatic N) is 4. The summed E-state index contributed by atoms with van der Waals surface area (Å²) in [6, 6.07) is 5.81. The number of rotatable bonds is 7. The maximum absolute atomic E-state index is 5.89. The highest BCUT2D eigenvalue weighted by Gasteiger charge is 2.17. The monoisotopic (exact) mass is 436 g/mol. The smallest absolute Gasteiger partial charge is 0.213 e. The molecule has 0 radical (unpaired) electrons. The Morgan fingerprint density at radius 2 is 2.00 bits per heavy atom. The third-order valence-electron chi connectivity index (χ3n) is 5.80. The molecule has 2 fully saturated rings. The van der Waals surface area contributed by atoms with Gasteiger partial charge in [-0.05, 0) is 30.9 Å². The van der Waals surface area contributed by atoms with Crippen LogP contribution in [0.15, 0.2) is 36.8 Å². The molecule has 2 N–H and O–H groups in total. The number of nitrogens with one attached hydrogen (secondary N) is 2. The van der Waals surface area contributed by atoms with Crippen molar-refractivity contribution >= 4 is 16.9 Å². The van der Waals surface area contributed by atoms with E-state index in [0.717, 1.165) is 68.0 Å². The second-order valence-corrected chi connectivity index (χ2v) is 8.11. The third kappa shape index (κ3) is 5.12. The molecule has 5 heterocycles. The average Bonchev–Trinajstić information content (AvgIpc) is 2.87. The maximum atomic E-state index is 5.89. The van der Waals surface area contributed by atoms with Gasteiger partial charge in [-0.2, -0.15) is 0 Å². The lowest BCUT2D eigenvalue weighted by molar-refractivity contribution is 0.0372. The molecular weight excluding hydrogens is 408 g/mol. The molecular formula is C23H28N6O3. The first-order valence-corrected chi connectivity index (χ1v) is 11.2. The molecule has 1 atom stereocenters. The van der Waals surface area contributed by atoms with Gasteiger partial charge in [-0.1, -0.05) is 0 Å². The summed E-state index contributed by atoms with van der Waals surface area (Å²) in [7, 11) is 0. The van der Waals surface area contributed by atoms with Crippen molar-refractivity contribution in [2.24, 2.45) is 5.92 Å². The molecule has 0 spiro atoms. The Hall–Kier alpha value is -2.88. The Kier molecular flexibility index (Phi) is 6.66. The average molecular weight is 437 g/mol. The van der Waals surface area contributed by atoms with E-state index in [1.165, 1.54) is 0 Å². The molecule has 3 aromatic rings. The minimum Gasteiger partial charge on any atom is -0.477 e. The Morgan fingerprint density at radius 1 is 1.09 bits per heavy atom. The summed E-state index contributed by atoms with van der Waals surface area (Å²) in [6.45, 7) is 5.37. The van der Waals surface area contributed by atoms with Crippen LogP contribution < -0.4 is 15.4 Å². The van der Waals surface area contributed by atoms with Crippen molar-refractivity contribution in [2.75, 3.05) is 51.4 Å². The standard InChI is InChI=1S/C23H28N6O3/c1-2-21(32-15-16-3-8-30-9-4-16)27-12-17(1)19-11-20-22(26-6-5-25-20)23(29-19)28-14-18-13-24-7-10-31-18/h1-2,5-6,11-12,16,18,24H,3-4,7-10,13-15H2,(H,28,29)/t18-/m0/s1. The van der Waals surface area contributed by atoms with Gasteiger partial charge < -0.3 is 24.8 Å². The van der Waals surface area contributed by atoms with Crippen molar-refractivity contribution in [2.45, 2.75) is 18.9 Å². The van der Waals surface area contributed by atoms with Crippen molar-refractivity contribution < 1.29 is 14.2 Å². The van der Waals surface area contributed by atoms with Crippen LogP contribution in [-0.2, 0) is 9.47 Å². The van der Waals surface area contributed by atoms with E-state index >= 15 is 0 Å². The topological polar surface area (TPSA) is 103 Å². The quantitative estimate of drug-likeness (QED) is 0.577. The number of morpholine rings is 1. The number of fused-ring (bicyclic) bond motifs is 1. The van der Waals surface area contributed by atoms with Crippen LogP contribution in [0.5, 0.6) is 5.88 Å². The third-order valence-corrected chi connectivity index (χ3v) is 5.80. The first-order valence-electron chi connectivity index (χ1n) is 11.2. The molecule has 0 saturated carbocycles. The van der Waals surface area contributed by atoms with Crippen molar-refractivity contribution in [3.05, 3.63) is 36.8 Å². The van der Waals surface area contributed by atoms with E-state index in [0.29, 0.717) is 30.8 Å². The summed E-state index contributed by atoms with van der Waals surface area (Å²) in [6.07, 6.45) is 7.34. The van der Waals surface area contributed by atoms with Crippen LogP contribution in [0.25, 0.3) is 22.3 Å². The summed E-state index contributed by atoms with van der Waals surface area (Å²) in [5.41, 5.74) is 3.20. The van der Waals surface area contributed by atoms with E-state index in [4.69, 9.17) is 19.2 Å². The number of aromatic nitrogens is 4. The van der Waals surface area contributed by atoms with E-state index in [-0.39, 0.29) is 6.10 Å². The normalized spacial score (nSPS) is 19.7.